The third-order valence-corrected chi connectivity index (χ3v) is 4.36. The number of hydrogen-bond acceptors (Lipinski definition) is 3. The molecule has 2 aromatic rings. The first-order valence-electron chi connectivity index (χ1n) is 7.64. The number of hydrogen-bond donors (Lipinski definition) is 1. The Balaban J connectivity index is 1.79. The number of allylic oxidation sites excluding steroid dienone is 2. The SMILES string of the molecule is CC1CC=CCC1COc1cc(CN)c2ccccc2n1. The van der Waals surface area contributed by atoms with Gasteiger partial charge in [0.2, 0.25) is 5.88 Å². The smallest absolute Gasteiger partial charge is 0.214 e. The van der Waals surface area contributed by atoms with Crippen LogP contribution in [0.25, 0.3) is 10.9 Å². The van der Waals surface area contributed by atoms with Gasteiger partial charge in [-0.25, -0.2) is 4.98 Å². The second-order valence-electron chi connectivity index (χ2n) is 5.83. The van der Waals surface area contributed by atoms with Crippen molar-refractivity contribution >= 4 is 10.9 Å². The van der Waals surface area contributed by atoms with E-state index in [4.69, 9.17) is 10.5 Å². The molecule has 1 heterocycles. The molecule has 1 aliphatic rings. The predicted octanol–water partition coefficient (Wildman–Crippen LogP) is 3.67. The Bertz CT molecular complexity index is 651. The number of benzene rings is 1. The molecule has 0 fully saturated rings. The molecule has 0 amide bonds. The molecule has 2 N–H and O–H groups in total. The van der Waals surface area contributed by atoms with E-state index in [-0.39, 0.29) is 0 Å². The molecule has 110 valence electrons. The number of para-hydroxylation sites is 1. The largest absolute Gasteiger partial charge is 0.477 e. The lowest BCUT2D eigenvalue weighted by Gasteiger charge is -2.25. The fourth-order valence-corrected chi connectivity index (χ4v) is 2.89. The van der Waals surface area contributed by atoms with E-state index in [2.05, 4.69) is 30.1 Å². The average molecular weight is 282 g/mol. The minimum atomic E-state index is 0.502. The average Bonchev–Trinajstić information content (AvgIpc) is 2.53. The summed E-state index contributed by atoms with van der Waals surface area (Å²) >= 11 is 0. The van der Waals surface area contributed by atoms with E-state index < -0.39 is 0 Å². The van der Waals surface area contributed by atoms with E-state index in [1.807, 2.05) is 24.3 Å². The fourth-order valence-electron chi connectivity index (χ4n) is 2.89. The minimum Gasteiger partial charge on any atom is -0.477 e. The minimum absolute atomic E-state index is 0.502. The summed E-state index contributed by atoms with van der Waals surface area (Å²) in [6, 6.07) is 10.1. The molecule has 0 aliphatic heterocycles. The van der Waals surface area contributed by atoms with Gasteiger partial charge in [-0.2, -0.15) is 0 Å². The Morgan fingerprint density at radius 2 is 2.05 bits per heavy atom. The third kappa shape index (κ3) is 3.08. The van der Waals surface area contributed by atoms with Crippen molar-refractivity contribution in [1.82, 2.24) is 4.98 Å². The maximum Gasteiger partial charge on any atom is 0.214 e. The molecule has 2 unspecified atom stereocenters. The number of rotatable bonds is 4. The van der Waals surface area contributed by atoms with Crippen LogP contribution in [0.2, 0.25) is 0 Å². The van der Waals surface area contributed by atoms with Crippen molar-refractivity contribution in [2.45, 2.75) is 26.3 Å². The second kappa shape index (κ2) is 6.27. The predicted molar refractivity (Wildman–Crippen MR) is 86.2 cm³/mol. The highest BCUT2D eigenvalue weighted by atomic mass is 16.5. The number of ether oxygens (including phenoxy) is 1. The van der Waals surface area contributed by atoms with Crippen LogP contribution >= 0.6 is 0 Å². The molecule has 3 nitrogen and oxygen atoms in total. The summed E-state index contributed by atoms with van der Waals surface area (Å²) in [7, 11) is 0. The quantitative estimate of drug-likeness (QED) is 0.870. The molecule has 0 bridgehead atoms. The lowest BCUT2D eigenvalue weighted by atomic mass is 9.85. The van der Waals surface area contributed by atoms with Crippen LogP contribution < -0.4 is 10.5 Å². The molecule has 1 aromatic heterocycles. The molecule has 1 aliphatic carbocycles. The van der Waals surface area contributed by atoms with Gasteiger partial charge in [-0.3, -0.25) is 0 Å². The van der Waals surface area contributed by atoms with Gasteiger partial charge in [0.15, 0.2) is 0 Å². The maximum atomic E-state index is 5.97. The van der Waals surface area contributed by atoms with Gasteiger partial charge in [0.25, 0.3) is 0 Å². The van der Waals surface area contributed by atoms with Crippen molar-refractivity contribution in [1.29, 1.82) is 0 Å². The highest BCUT2D eigenvalue weighted by Crippen LogP contribution is 2.27. The molecule has 3 heteroatoms. The van der Waals surface area contributed by atoms with E-state index in [1.54, 1.807) is 0 Å². The van der Waals surface area contributed by atoms with E-state index in [0.717, 1.165) is 35.9 Å². The zero-order valence-electron chi connectivity index (χ0n) is 12.5. The number of fused-ring (bicyclic) bond motifs is 1. The van der Waals surface area contributed by atoms with Gasteiger partial charge in [-0.1, -0.05) is 37.3 Å². The van der Waals surface area contributed by atoms with Crippen molar-refractivity contribution in [3.05, 3.63) is 48.0 Å². The summed E-state index contributed by atoms with van der Waals surface area (Å²) in [6.45, 7) is 3.51. The third-order valence-electron chi connectivity index (χ3n) is 4.36. The standard InChI is InChI=1S/C18H22N2O/c1-13-6-2-3-7-14(13)12-21-18-10-15(11-19)16-8-4-5-9-17(16)20-18/h2-5,8-10,13-14H,6-7,11-12,19H2,1H3. The highest BCUT2D eigenvalue weighted by Gasteiger charge is 2.19. The summed E-state index contributed by atoms with van der Waals surface area (Å²) in [5.74, 6) is 1.94. The van der Waals surface area contributed by atoms with Gasteiger partial charge >= 0.3 is 0 Å². The van der Waals surface area contributed by atoms with E-state index >= 15 is 0 Å². The lowest BCUT2D eigenvalue weighted by Crippen LogP contribution is -2.21. The summed E-state index contributed by atoms with van der Waals surface area (Å²) in [5.41, 5.74) is 7.89. The Hall–Kier alpha value is -1.87. The van der Waals surface area contributed by atoms with Crippen molar-refractivity contribution < 1.29 is 4.74 Å². The van der Waals surface area contributed by atoms with Gasteiger partial charge in [0.05, 0.1) is 12.1 Å². The molecule has 0 saturated heterocycles. The van der Waals surface area contributed by atoms with Crippen LogP contribution in [-0.4, -0.2) is 11.6 Å². The van der Waals surface area contributed by atoms with E-state index in [1.165, 1.54) is 0 Å². The second-order valence-corrected chi connectivity index (χ2v) is 5.83. The Morgan fingerprint density at radius 3 is 2.86 bits per heavy atom. The molecule has 3 rings (SSSR count). The normalized spacial score (nSPS) is 21.6. The molecular weight excluding hydrogens is 260 g/mol. The lowest BCUT2D eigenvalue weighted by molar-refractivity contribution is 0.193. The van der Waals surface area contributed by atoms with Crippen molar-refractivity contribution in [2.75, 3.05) is 6.61 Å². The van der Waals surface area contributed by atoms with Gasteiger partial charge in [-0.15, -0.1) is 0 Å². The zero-order valence-corrected chi connectivity index (χ0v) is 12.5. The summed E-state index contributed by atoms with van der Waals surface area (Å²) < 4.78 is 5.97. The Morgan fingerprint density at radius 1 is 1.24 bits per heavy atom. The van der Waals surface area contributed by atoms with E-state index in [0.29, 0.717) is 24.3 Å². The maximum absolute atomic E-state index is 5.97. The summed E-state index contributed by atoms with van der Waals surface area (Å²) in [4.78, 5) is 4.60. The molecule has 0 spiro atoms. The fraction of sp³-hybridized carbons (Fsp3) is 0.389. The number of pyridine rings is 1. The van der Waals surface area contributed by atoms with Crippen LogP contribution in [0.4, 0.5) is 0 Å². The van der Waals surface area contributed by atoms with Crippen LogP contribution in [0, 0.1) is 11.8 Å². The first-order chi connectivity index (χ1) is 10.3. The monoisotopic (exact) mass is 282 g/mol. The summed E-state index contributed by atoms with van der Waals surface area (Å²) in [6.07, 6.45) is 6.76. The van der Waals surface area contributed by atoms with Crippen molar-refractivity contribution in [3.8, 4) is 5.88 Å². The topological polar surface area (TPSA) is 48.1 Å². The molecular formula is C18H22N2O. The first kappa shape index (κ1) is 14.1. The van der Waals surface area contributed by atoms with Crippen LogP contribution in [0.5, 0.6) is 5.88 Å². The molecule has 21 heavy (non-hydrogen) atoms. The van der Waals surface area contributed by atoms with Gasteiger partial charge in [0.1, 0.15) is 0 Å². The van der Waals surface area contributed by atoms with Crippen molar-refractivity contribution in [3.63, 3.8) is 0 Å². The van der Waals surface area contributed by atoms with Crippen LogP contribution in [0.3, 0.4) is 0 Å². The number of nitrogens with two attached hydrogens (primary N) is 1. The highest BCUT2D eigenvalue weighted by molar-refractivity contribution is 5.82. The Labute approximate surface area is 125 Å². The zero-order chi connectivity index (χ0) is 14.7. The van der Waals surface area contributed by atoms with Crippen LogP contribution in [0.1, 0.15) is 25.3 Å². The van der Waals surface area contributed by atoms with Crippen LogP contribution in [-0.2, 0) is 6.54 Å². The first-order valence-corrected chi connectivity index (χ1v) is 7.64. The van der Waals surface area contributed by atoms with Gasteiger partial charge < -0.3 is 10.5 Å². The Kier molecular flexibility index (Phi) is 4.20. The summed E-state index contributed by atoms with van der Waals surface area (Å²) in [5, 5.41) is 1.11. The molecule has 2 atom stereocenters. The number of aromatic nitrogens is 1. The van der Waals surface area contributed by atoms with Crippen molar-refractivity contribution in [2.24, 2.45) is 17.6 Å². The van der Waals surface area contributed by atoms with Crippen LogP contribution in [0.15, 0.2) is 42.5 Å². The van der Waals surface area contributed by atoms with Gasteiger partial charge in [-0.05, 0) is 36.3 Å². The molecule has 1 aromatic carbocycles. The van der Waals surface area contributed by atoms with E-state index in [9.17, 15) is 0 Å². The molecule has 0 radical (unpaired) electrons. The number of nitrogens with zero attached hydrogens (tertiary/aromatic N) is 1. The molecule has 0 saturated carbocycles. The van der Waals surface area contributed by atoms with Gasteiger partial charge in [0, 0.05) is 18.0 Å².